The third-order valence-electron chi connectivity index (χ3n) is 2.36. The van der Waals surface area contributed by atoms with Crippen LogP contribution in [0.15, 0.2) is 0 Å². The van der Waals surface area contributed by atoms with Crippen LogP contribution >= 0.6 is 0 Å². The Labute approximate surface area is 206 Å². The first kappa shape index (κ1) is 41.1. The Balaban J connectivity index is -0.000000108. The first-order valence-electron chi connectivity index (χ1n) is 11.1. The maximum absolute atomic E-state index is 10.7. The van der Waals surface area contributed by atoms with Crippen molar-refractivity contribution >= 4 is 8.32 Å². The van der Waals surface area contributed by atoms with Gasteiger partial charge in [0.15, 0.2) is 8.32 Å². The van der Waals surface area contributed by atoms with Gasteiger partial charge in [-0.25, -0.2) is 0 Å². The monoisotopic (exact) mass is 486 g/mol. The number of hydrogen-bond acceptors (Lipinski definition) is 4. The Bertz CT molecular complexity index is 292. The number of hydrogen-bond donors (Lipinski definition) is 4. The molecule has 0 fully saturated rings. The average Bonchev–Trinajstić information content (AvgIpc) is 2.14. The third kappa shape index (κ3) is 89.2. The summed E-state index contributed by atoms with van der Waals surface area (Å²) in [6.07, 6.45) is 0. The molecule has 0 amide bonds. The van der Waals surface area contributed by atoms with Crippen LogP contribution in [0.5, 0.6) is 0 Å². The summed E-state index contributed by atoms with van der Waals surface area (Å²) in [4.78, 5) is 10.7. The van der Waals surface area contributed by atoms with Crippen LogP contribution in [0.4, 0.5) is 0 Å². The zero-order chi connectivity index (χ0) is 24.9. The van der Waals surface area contributed by atoms with E-state index in [1.165, 1.54) is 0 Å². The zero-order valence-electron chi connectivity index (χ0n) is 23.1. The molecule has 0 aliphatic carbocycles. The van der Waals surface area contributed by atoms with Crippen molar-refractivity contribution in [1.29, 1.82) is 0 Å². The van der Waals surface area contributed by atoms with Crippen LogP contribution in [-0.4, -0.2) is 45.2 Å². The molecule has 0 aliphatic rings. The summed E-state index contributed by atoms with van der Waals surface area (Å²) in [5.41, 5.74) is -1.50. The summed E-state index contributed by atoms with van der Waals surface area (Å²) in [6, 6.07) is 3.22. The summed E-state index contributed by atoms with van der Waals surface area (Å²) >= 11 is 0. The Kier molecular flexibility index (Phi) is 24.9. The van der Waals surface area contributed by atoms with Crippen molar-refractivity contribution in [2.24, 2.45) is 17.8 Å². The van der Waals surface area contributed by atoms with E-state index in [0.717, 1.165) is 18.1 Å². The summed E-state index contributed by atoms with van der Waals surface area (Å²) in [5.74, 6) is 1.93. The molecule has 0 aromatic heterocycles. The molecular weight excluding hydrogens is 428 g/mol. The van der Waals surface area contributed by atoms with E-state index in [4.69, 9.17) is 15.3 Å². The van der Waals surface area contributed by atoms with Crippen LogP contribution in [0, 0.1) is 17.8 Å². The van der Waals surface area contributed by atoms with E-state index in [9.17, 15) is 4.80 Å². The second-order valence-corrected chi connectivity index (χ2v) is 16.2. The fourth-order valence-electron chi connectivity index (χ4n) is 2.53. The van der Waals surface area contributed by atoms with Crippen molar-refractivity contribution in [2.45, 2.75) is 139 Å². The van der Waals surface area contributed by atoms with E-state index in [0.29, 0.717) is 17.8 Å². The van der Waals surface area contributed by atoms with Crippen LogP contribution in [-0.2, 0) is 21.7 Å². The Hall–Kier alpha value is 0.771. The molecule has 0 bridgehead atoms. The molecule has 0 aromatic rings. The van der Waals surface area contributed by atoms with Crippen molar-refractivity contribution in [1.82, 2.24) is 0 Å². The van der Waals surface area contributed by atoms with Crippen molar-refractivity contribution in [3.63, 3.8) is 0 Å². The molecule has 0 atom stereocenters. The molecule has 0 saturated heterocycles. The average molecular weight is 487 g/mol. The fraction of sp³-hybridized carbons (Fsp3) is 1.00. The van der Waals surface area contributed by atoms with Crippen LogP contribution < -0.4 is 0 Å². The molecular formula is C24H58O4SiTi. The summed E-state index contributed by atoms with van der Waals surface area (Å²) in [5, 5.41) is 25.6. The van der Waals surface area contributed by atoms with E-state index in [-0.39, 0.29) is 21.7 Å². The first-order valence-corrected chi connectivity index (χ1v) is 13.7. The van der Waals surface area contributed by atoms with Crippen molar-refractivity contribution in [3.05, 3.63) is 0 Å². The van der Waals surface area contributed by atoms with Gasteiger partial charge in [-0.2, -0.15) is 0 Å². The molecule has 0 spiro atoms. The molecule has 30 heavy (non-hydrogen) atoms. The topological polar surface area (TPSA) is 80.9 Å². The van der Waals surface area contributed by atoms with Crippen molar-refractivity contribution < 1.29 is 41.8 Å². The predicted octanol–water partition coefficient (Wildman–Crippen LogP) is 6.22. The van der Waals surface area contributed by atoms with Crippen LogP contribution in [0.25, 0.3) is 0 Å². The second kappa shape index (κ2) is 18.2. The molecule has 6 heteroatoms. The summed E-state index contributed by atoms with van der Waals surface area (Å²) in [7, 11) is -1.94. The molecule has 186 valence electrons. The largest absolute Gasteiger partial charge is 0.432 e. The maximum atomic E-state index is 10.7. The summed E-state index contributed by atoms with van der Waals surface area (Å²) < 4.78 is 0. The molecule has 4 N–H and O–H groups in total. The van der Waals surface area contributed by atoms with Gasteiger partial charge >= 0.3 is 0 Å². The van der Waals surface area contributed by atoms with E-state index >= 15 is 0 Å². The smallest absolute Gasteiger partial charge is 0.189 e. The fourth-order valence-corrected chi connectivity index (χ4v) is 7.59. The Morgan fingerprint density at radius 3 is 0.667 bits per heavy atom. The van der Waals surface area contributed by atoms with Gasteiger partial charge in [0, 0.05) is 21.7 Å². The van der Waals surface area contributed by atoms with Gasteiger partial charge in [0.25, 0.3) is 0 Å². The van der Waals surface area contributed by atoms with Crippen LogP contribution in [0.1, 0.15) is 104 Å². The predicted molar refractivity (Wildman–Crippen MR) is 133 cm³/mol. The molecule has 0 unspecified atom stereocenters. The third-order valence-corrected chi connectivity index (χ3v) is 7.09. The second-order valence-electron chi connectivity index (χ2n) is 12.5. The van der Waals surface area contributed by atoms with Gasteiger partial charge in [-0.3, -0.25) is 0 Å². The van der Waals surface area contributed by atoms with Crippen molar-refractivity contribution in [2.75, 3.05) is 0 Å². The van der Waals surface area contributed by atoms with E-state index in [1.54, 1.807) is 62.3 Å². The van der Waals surface area contributed by atoms with E-state index < -0.39 is 25.1 Å². The molecule has 4 nitrogen and oxygen atoms in total. The minimum absolute atomic E-state index is 0. The maximum Gasteiger partial charge on any atom is 0.189 e. The minimum Gasteiger partial charge on any atom is -0.432 e. The van der Waals surface area contributed by atoms with Gasteiger partial charge in [0.2, 0.25) is 0 Å². The van der Waals surface area contributed by atoms with Crippen LogP contribution in [0.3, 0.4) is 0 Å². The van der Waals surface area contributed by atoms with Gasteiger partial charge in [-0.15, -0.1) is 0 Å². The number of aliphatic hydroxyl groups is 3. The SMILES string of the molecule is CC(C)(C)O.CC(C)(C)O.CC(C)(C)O.CC(C)C[Si](O)(CC(C)C)CC(C)C.[Ti]. The summed E-state index contributed by atoms with van der Waals surface area (Å²) in [6.45, 7) is 29.0. The van der Waals surface area contributed by atoms with Gasteiger partial charge in [-0.1, -0.05) is 41.5 Å². The number of rotatable bonds is 6. The molecule has 0 rings (SSSR count). The molecule has 0 aliphatic heterocycles. The molecule has 0 heterocycles. The first-order chi connectivity index (χ1) is 12.2. The zero-order valence-corrected chi connectivity index (χ0v) is 25.7. The van der Waals surface area contributed by atoms with Gasteiger partial charge in [0.05, 0.1) is 16.8 Å². The minimum atomic E-state index is -1.94. The normalized spacial score (nSPS) is 12.2. The Morgan fingerprint density at radius 2 is 0.600 bits per heavy atom. The standard InChI is InChI=1S/C12H28OSi.3C4H10O.Ti/c1-10(2)7-14(13,8-11(3)4)9-12(5)6;3*1-4(2,3)5;/h10-13H,7-9H2,1-6H3;3*5H,1-3H3;. The molecule has 0 saturated carbocycles. The van der Waals surface area contributed by atoms with Crippen molar-refractivity contribution in [3.8, 4) is 0 Å². The van der Waals surface area contributed by atoms with Gasteiger partial charge in [-0.05, 0) is 98.2 Å². The Morgan fingerprint density at radius 1 is 0.500 bits per heavy atom. The molecule has 0 aromatic carbocycles. The van der Waals surface area contributed by atoms with Gasteiger partial charge < -0.3 is 20.1 Å². The quantitative estimate of drug-likeness (QED) is 0.336. The van der Waals surface area contributed by atoms with Crippen LogP contribution in [0.2, 0.25) is 18.1 Å². The van der Waals surface area contributed by atoms with Gasteiger partial charge in [0.1, 0.15) is 0 Å². The molecule has 0 radical (unpaired) electrons. The van der Waals surface area contributed by atoms with E-state index in [2.05, 4.69) is 41.5 Å². The van der Waals surface area contributed by atoms with E-state index in [1.807, 2.05) is 0 Å².